The molecule has 0 aliphatic rings. The molecule has 0 radical (unpaired) electrons. The minimum absolute atomic E-state index is 0.0593. The van der Waals surface area contributed by atoms with Crippen molar-refractivity contribution in [1.29, 1.82) is 0 Å². The van der Waals surface area contributed by atoms with Crippen LogP contribution in [0.2, 0.25) is 5.02 Å². The zero-order chi connectivity index (χ0) is 18.2. The van der Waals surface area contributed by atoms with E-state index < -0.39 is 10.0 Å². The monoisotopic (exact) mass is 376 g/mol. The van der Waals surface area contributed by atoms with Gasteiger partial charge in [0, 0.05) is 28.0 Å². The van der Waals surface area contributed by atoms with Gasteiger partial charge in [-0.1, -0.05) is 23.7 Å². The molecule has 7 heteroatoms. The van der Waals surface area contributed by atoms with Gasteiger partial charge in [0.15, 0.2) is 0 Å². The molecule has 0 fully saturated rings. The summed E-state index contributed by atoms with van der Waals surface area (Å²) in [6.07, 6.45) is 0. The third kappa shape index (κ3) is 3.76. The van der Waals surface area contributed by atoms with Crippen LogP contribution in [0.1, 0.15) is 16.7 Å². The van der Waals surface area contributed by atoms with Crippen molar-refractivity contribution in [1.82, 2.24) is 9.71 Å². The number of rotatable bonds is 4. The molecule has 0 aliphatic carbocycles. The van der Waals surface area contributed by atoms with Crippen LogP contribution >= 0.6 is 11.6 Å². The number of aromatic amines is 1. The Morgan fingerprint density at radius 3 is 2.60 bits per heavy atom. The lowest BCUT2D eigenvalue weighted by atomic mass is 10.0. The molecule has 3 rings (SSSR count). The van der Waals surface area contributed by atoms with Crippen molar-refractivity contribution in [2.24, 2.45) is 0 Å². The fourth-order valence-corrected chi connectivity index (χ4v) is 4.04. The van der Waals surface area contributed by atoms with Crippen molar-refractivity contribution in [3.63, 3.8) is 0 Å². The topological polar surface area (TPSA) is 79.0 Å². The quantitative estimate of drug-likeness (QED) is 0.733. The van der Waals surface area contributed by atoms with Crippen LogP contribution < -0.4 is 10.3 Å². The number of aryl methyl sites for hydroxylation is 2. The molecule has 2 aromatic carbocycles. The molecule has 2 N–H and O–H groups in total. The van der Waals surface area contributed by atoms with Crippen molar-refractivity contribution in [2.75, 3.05) is 0 Å². The number of nitrogens with one attached hydrogen (secondary N) is 2. The first kappa shape index (κ1) is 17.7. The van der Waals surface area contributed by atoms with Gasteiger partial charge in [0.25, 0.3) is 5.56 Å². The number of benzene rings is 2. The molecular weight excluding hydrogens is 360 g/mol. The first-order valence-corrected chi connectivity index (χ1v) is 9.51. The second-order valence-corrected chi connectivity index (χ2v) is 8.15. The highest BCUT2D eigenvalue weighted by Crippen LogP contribution is 2.19. The maximum absolute atomic E-state index is 12.4. The number of hydrogen-bond acceptors (Lipinski definition) is 3. The van der Waals surface area contributed by atoms with E-state index in [4.69, 9.17) is 11.6 Å². The summed E-state index contributed by atoms with van der Waals surface area (Å²) in [4.78, 5) is 15.1. The van der Waals surface area contributed by atoms with Crippen LogP contribution in [0.4, 0.5) is 0 Å². The molecule has 0 saturated heterocycles. The van der Waals surface area contributed by atoms with Crippen molar-refractivity contribution in [3.05, 3.63) is 74.5 Å². The minimum atomic E-state index is -3.76. The molecule has 0 bridgehead atoms. The van der Waals surface area contributed by atoms with Gasteiger partial charge in [-0.25, -0.2) is 13.1 Å². The van der Waals surface area contributed by atoms with E-state index in [9.17, 15) is 13.2 Å². The largest absolute Gasteiger partial charge is 0.322 e. The molecule has 25 heavy (non-hydrogen) atoms. The van der Waals surface area contributed by atoms with Crippen LogP contribution in [0.5, 0.6) is 0 Å². The van der Waals surface area contributed by atoms with E-state index in [2.05, 4.69) is 9.71 Å². The number of fused-ring (bicyclic) bond motifs is 1. The molecule has 0 aliphatic heterocycles. The highest BCUT2D eigenvalue weighted by atomic mass is 35.5. The summed E-state index contributed by atoms with van der Waals surface area (Å²) >= 11 is 5.84. The van der Waals surface area contributed by atoms with Gasteiger partial charge in [-0.15, -0.1) is 0 Å². The van der Waals surface area contributed by atoms with E-state index in [1.807, 2.05) is 26.0 Å². The highest BCUT2D eigenvalue weighted by molar-refractivity contribution is 7.89. The molecule has 0 amide bonds. The number of pyridine rings is 1. The van der Waals surface area contributed by atoms with E-state index in [0.717, 1.165) is 22.0 Å². The number of aromatic nitrogens is 1. The maximum Gasteiger partial charge on any atom is 0.252 e. The van der Waals surface area contributed by atoms with Crippen LogP contribution in [0, 0.1) is 13.8 Å². The predicted molar refractivity (Wildman–Crippen MR) is 99.5 cm³/mol. The van der Waals surface area contributed by atoms with E-state index in [-0.39, 0.29) is 17.0 Å². The highest BCUT2D eigenvalue weighted by Gasteiger charge is 2.15. The summed E-state index contributed by atoms with van der Waals surface area (Å²) < 4.78 is 27.2. The van der Waals surface area contributed by atoms with Gasteiger partial charge in [-0.3, -0.25) is 4.79 Å². The number of hydrogen-bond donors (Lipinski definition) is 2. The first-order chi connectivity index (χ1) is 11.8. The minimum Gasteiger partial charge on any atom is -0.322 e. The van der Waals surface area contributed by atoms with E-state index in [1.165, 1.54) is 12.1 Å². The molecule has 3 aromatic rings. The third-order valence-corrected chi connectivity index (χ3v) is 5.58. The summed E-state index contributed by atoms with van der Waals surface area (Å²) in [5, 5.41) is 1.22. The molecule has 5 nitrogen and oxygen atoms in total. The lowest BCUT2D eigenvalue weighted by Crippen LogP contribution is -2.27. The Labute approximate surface area is 150 Å². The average Bonchev–Trinajstić information content (AvgIpc) is 2.53. The van der Waals surface area contributed by atoms with Gasteiger partial charge in [0.2, 0.25) is 10.0 Å². The number of sulfonamides is 1. The van der Waals surface area contributed by atoms with Crippen LogP contribution in [-0.2, 0) is 16.6 Å². The first-order valence-electron chi connectivity index (χ1n) is 7.65. The van der Waals surface area contributed by atoms with Crippen LogP contribution in [0.15, 0.2) is 52.2 Å². The van der Waals surface area contributed by atoms with Crippen molar-refractivity contribution in [3.8, 4) is 0 Å². The van der Waals surface area contributed by atoms with Gasteiger partial charge in [0.1, 0.15) is 0 Å². The Morgan fingerprint density at radius 2 is 1.88 bits per heavy atom. The second kappa shape index (κ2) is 6.63. The standard InChI is InChI=1S/C18H17ClN2O3S/c1-11-6-12(2)16-8-13(18(22)21-17(16)7-11)10-20-25(23,24)15-5-3-4-14(19)9-15/h3-9,20H,10H2,1-2H3,(H,21,22). The molecule has 1 heterocycles. The maximum atomic E-state index is 12.4. The Kier molecular flexibility index (Phi) is 4.69. The van der Waals surface area contributed by atoms with Crippen molar-refractivity contribution in [2.45, 2.75) is 25.3 Å². The fraction of sp³-hybridized carbons (Fsp3) is 0.167. The molecular formula is C18H17ClN2O3S. The van der Waals surface area contributed by atoms with Crippen molar-refractivity contribution >= 4 is 32.5 Å². The third-order valence-electron chi connectivity index (χ3n) is 3.95. The summed E-state index contributed by atoms with van der Waals surface area (Å²) in [5.74, 6) is 0. The zero-order valence-electron chi connectivity index (χ0n) is 13.8. The molecule has 0 unspecified atom stereocenters. The van der Waals surface area contributed by atoms with Crippen LogP contribution in [0.25, 0.3) is 10.9 Å². The Morgan fingerprint density at radius 1 is 1.12 bits per heavy atom. The summed E-state index contributed by atoms with van der Waals surface area (Å²) in [6.45, 7) is 3.80. The molecule has 130 valence electrons. The SMILES string of the molecule is Cc1cc(C)c2cc(CNS(=O)(=O)c3cccc(Cl)c3)c(=O)[nH]c2c1. The van der Waals surface area contributed by atoms with Crippen molar-refractivity contribution < 1.29 is 8.42 Å². The zero-order valence-corrected chi connectivity index (χ0v) is 15.3. The van der Waals surface area contributed by atoms with Gasteiger partial charge in [-0.2, -0.15) is 0 Å². The van der Waals surface area contributed by atoms with E-state index in [0.29, 0.717) is 10.6 Å². The fourth-order valence-electron chi connectivity index (χ4n) is 2.74. The van der Waals surface area contributed by atoms with E-state index in [1.54, 1.807) is 18.2 Å². The number of H-pyrrole nitrogens is 1. The number of halogens is 1. The van der Waals surface area contributed by atoms with Gasteiger partial charge >= 0.3 is 0 Å². The summed E-state index contributed by atoms with van der Waals surface area (Å²) in [5.41, 5.74) is 2.85. The summed E-state index contributed by atoms with van der Waals surface area (Å²) in [7, 11) is -3.76. The molecule has 0 atom stereocenters. The molecule has 1 aromatic heterocycles. The summed E-state index contributed by atoms with van der Waals surface area (Å²) in [6, 6.07) is 11.6. The lowest BCUT2D eigenvalue weighted by molar-refractivity contribution is 0.581. The van der Waals surface area contributed by atoms with Crippen LogP contribution in [-0.4, -0.2) is 13.4 Å². The van der Waals surface area contributed by atoms with Gasteiger partial charge in [0.05, 0.1) is 4.90 Å². The van der Waals surface area contributed by atoms with Gasteiger partial charge < -0.3 is 4.98 Å². The Hall–Kier alpha value is -2.15. The normalized spacial score (nSPS) is 11.8. The Bertz CT molecular complexity index is 1120. The average molecular weight is 377 g/mol. The second-order valence-electron chi connectivity index (χ2n) is 5.95. The van der Waals surface area contributed by atoms with Gasteiger partial charge in [-0.05, 0) is 55.3 Å². The molecule has 0 spiro atoms. The van der Waals surface area contributed by atoms with E-state index >= 15 is 0 Å². The van der Waals surface area contributed by atoms with Crippen LogP contribution in [0.3, 0.4) is 0 Å². The lowest BCUT2D eigenvalue weighted by Gasteiger charge is -2.09. The Balaban J connectivity index is 1.93. The predicted octanol–water partition coefficient (Wildman–Crippen LogP) is 3.28. The molecule has 0 saturated carbocycles. The smallest absolute Gasteiger partial charge is 0.252 e.